The van der Waals surface area contributed by atoms with Gasteiger partial charge >= 0.3 is 0 Å². The summed E-state index contributed by atoms with van der Waals surface area (Å²) in [6.45, 7) is 4.83. The Morgan fingerprint density at radius 2 is 2.03 bits per heavy atom. The molecule has 0 unspecified atom stereocenters. The van der Waals surface area contributed by atoms with Crippen LogP contribution in [0.5, 0.6) is 5.75 Å². The molecule has 0 aliphatic carbocycles. The fourth-order valence-electron chi connectivity index (χ4n) is 2.84. The Hall–Kier alpha value is -1.52. The predicted octanol–water partition coefficient (Wildman–Crippen LogP) is 7.04. The molecule has 3 aromatic rings. The van der Waals surface area contributed by atoms with Gasteiger partial charge in [-0.25, -0.2) is 0 Å². The van der Waals surface area contributed by atoms with Crippen molar-refractivity contribution in [2.45, 2.75) is 24.5 Å². The Balaban J connectivity index is 1.54. The van der Waals surface area contributed by atoms with Crippen LogP contribution in [0.2, 0.25) is 10.0 Å². The summed E-state index contributed by atoms with van der Waals surface area (Å²) in [5.41, 5.74) is 0.698. The molecule has 11 heteroatoms. The summed E-state index contributed by atoms with van der Waals surface area (Å²) < 4.78 is 9.38. The number of hydrogen-bond donors (Lipinski definition) is 1. The van der Waals surface area contributed by atoms with Crippen LogP contribution in [0.1, 0.15) is 12.2 Å². The second-order valence-electron chi connectivity index (χ2n) is 6.79. The fourth-order valence-corrected chi connectivity index (χ4v) is 4.77. The van der Waals surface area contributed by atoms with Crippen LogP contribution in [0.25, 0.3) is 0 Å². The van der Waals surface area contributed by atoms with Crippen molar-refractivity contribution < 1.29 is 9.53 Å². The summed E-state index contributed by atoms with van der Waals surface area (Å²) in [4.78, 5) is 12.4. The standard InChI is InChI=1S/C22H20Br2Cl2N4O2S/c1-2-9-30-20(4-3-10-32-19-8-6-15(25)12-17(19)26)28-29-22(30)33-13-21(31)27-18-11-14(23)5-7-16(18)24/h2,5-8,11-12H,1,3-4,9-10,13H2,(H,27,31). The van der Waals surface area contributed by atoms with Gasteiger partial charge in [-0.1, -0.05) is 57.0 Å². The zero-order valence-electron chi connectivity index (χ0n) is 17.4. The minimum atomic E-state index is -0.137. The average Bonchev–Trinajstić information content (AvgIpc) is 3.15. The lowest BCUT2D eigenvalue weighted by molar-refractivity contribution is -0.113. The number of thioether (sulfide) groups is 1. The first-order valence-corrected chi connectivity index (χ1v) is 13.2. The van der Waals surface area contributed by atoms with Crippen LogP contribution in [0, 0.1) is 0 Å². The van der Waals surface area contributed by atoms with E-state index in [2.05, 4.69) is 54.0 Å². The van der Waals surface area contributed by atoms with E-state index in [4.69, 9.17) is 27.9 Å². The van der Waals surface area contributed by atoms with Crippen molar-refractivity contribution in [3.05, 3.63) is 73.9 Å². The Bertz CT molecular complexity index is 1140. The highest BCUT2D eigenvalue weighted by Crippen LogP contribution is 2.28. The molecule has 0 saturated heterocycles. The second-order valence-corrected chi connectivity index (χ2v) is 10.3. The number of aryl methyl sites for hydroxylation is 1. The van der Waals surface area contributed by atoms with Gasteiger partial charge in [-0.3, -0.25) is 4.79 Å². The highest BCUT2D eigenvalue weighted by molar-refractivity contribution is 9.11. The summed E-state index contributed by atoms with van der Waals surface area (Å²) in [5.74, 6) is 1.46. The first-order valence-electron chi connectivity index (χ1n) is 9.86. The molecule has 3 rings (SSSR count). The Morgan fingerprint density at radius 1 is 1.21 bits per heavy atom. The lowest BCUT2D eigenvalue weighted by Crippen LogP contribution is -2.15. The summed E-state index contributed by atoms with van der Waals surface area (Å²) in [6, 6.07) is 10.7. The highest BCUT2D eigenvalue weighted by atomic mass is 79.9. The van der Waals surface area contributed by atoms with Gasteiger partial charge in [0.2, 0.25) is 5.91 Å². The summed E-state index contributed by atoms with van der Waals surface area (Å²) in [5, 5.41) is 13.2. The molecule has 0 fully saturated rings. The molecule has 33 heavy (non-hydrogen) atoms. The topological polar surface area (TPSA) is 69.0 Å². The molecular formula is C22H20Br2Cl2N4O2S. The van der Waals surface area contributed by atoms with E-state index in [0.717, 1.165) is 21.2 Å². The number of halogens is 4. The third kappa shape index (κ3) is 7.75. The van der Waals surface area contributed by atoms with Crippen molar-refractivity contribution in [3.8, 4) is 5.75 Å². The molecule has 1 aromatic heterocycles. The summed E-state index contributed by atoms with van der Waals surface area (Å²) >= 11 is 20.2. The normalized spacial score (nSPS) is 10.8. The molecule has 0 saturated carbocycles. The van der Waals surface area contributed by atoms with Crippen LogP contribution in [0.4, 0.5) is 5.69 Å². The molecular weight excluding hydrogens is 615 g/mol. The van der Waals surface area contributed by atoms with E-state index < -0.39 is 0 Å². The number of rotatable bonds is 11. The second kappa shape index (κ2) is 12.8. The lowest BCUT2D eigenvalue weighted by atomic mass is 10.3. The van der Waals surface area contributed by atoms with Crippen molar-refractivity contribution in [3.63, 3.8) is 0 Å². The minimum absolute atomic E-state index is 0.137. The van der Waals surface area contributed by atoms with E-state index >= 15 is 0 Å². The van der Waals surface area contributed by atoms with E-state index in [-0.39, 0.29) is 11.7 Å². The number of amides is 1. The number of ether oxygens (including phenoxy) is 1. The monoisotopic (exact) mass is 632 g/mol. The number of allylic oxidation sites excluding steroid dienone is 1. The number of aromatic nitrogens is 3. The van der Waals surface area contributed by atoms with E-state index in [0.29, 0.717) is 46.2 Å². The van der Waals surface area contributed by atoms with Crippen molar-refractivity contribution in [1.82, 2.24) is 14.8 Å². The summed E-state index contributed by atoms with van der Waals surface area (Å²) in [7, 11) is 0. The molecule has 0 atom stereocenters. The smallest absolute Gasteiger partial charge is 0.234 e. The van der Waals surface area contributed by atoms with Crippen LogP contribution in [0.3, 0.4) is 0 Å². The largest absolute Gasteiger partial charge is 0.492 e. The fraction of sp³-hybridized carbons (Fsp3) is 0.227. The van der Waals surface area contributed by atoms with Crippen molar-refractivity contribution in [2.24, 2.45) is 0 Å². The maximum atomic E-state index is 12.4. The van der Waals surface area contributed by atoms with Crippen molar-refractivity contribution in [2.75, 3.05) is 17.7 Å². The maximum absolute atomic E-state index is 12.4. The van der Waals surface area contributed by atoms with Gasteiger partial charge in [0.05, 0.1) is 23.1 Å². The van der Waals surface area contributed by atoms with E-state index in [9.17, 15) is 4.79 Å². The van der Waals surface area contributed by atoms with Crippen LogP contribution < -0.4 is 10.1 Å². The van der Waals surface area contributed by atoms with Gasteiger partial charge < -0.3 is 14.6 Å². The number of carbonyl (C=O) groups excluding carboxylic acids is 1. The Kier molecular flexibility index (Phi) is 10.1. The SMILES string of the molecule is C=CCn1c(CCCOc2ccc(Cl)cc2Cl)nnc1SCC(=O)Nc1cc(Br)ccc1Br. The predicted molar refractivity (Wildman–Crippen MR) is 142 cm³/mol. The van der Waals surface area contributed by atoms with Crippen molar-refractivity contribution >= 4 is 78.4 Å². The number of anilines is 1. The van der Waals surface area contributed by atoms with Crippen LogP contribution >= 0.6 is 66.8 Å². The van der Waals surface area contributed by atoms with Crippen molar-refractivity contribution in [1.29, 1.82) is 0 Å². The first-order chi connectivity index (χ1) is 15.9. The molecule has 2 aromatic carbocycles. The molecule has 0 aliphatic rings. The third-order valence-electron chi connectivity index (χ3n) is 4.34. The Labute approximate surface area is 223 Å². The first kappa shape index (κ1) is 26.1. The van der Waals surface area contributed by atoms with Gasteiger partial charge in [0.1, 0.15) is 11.6 Å². The van der Waals surface area contributed by atoms with Crippen LogP contribution in [-0.2, 0) is 17.8 Å². The molecule has 0 bridgehead atoms. The molecule has 6 nitrogen and oxygen atoms in total. The molecule has 1 amide bonds. The Morgan fingerprint density at radius 3 is 2.79 bits per heavy atom. The van der Waals surface area contributed by atoms with Gasteiger partial charge in [0.25, 0.3) is 0 Å². The highest BCUT2D eigenvalue weighted by Gasteiger charge is 2.14. The van der Waals surface area contributed by atoms with Crippen LogP contribution in [-0.4, -0.2) is 33.0 Å². The number of hydrogen-bond acceptors (Lipinski definition) is 5. The van der Waals surface area contributed by atoms with E-state index in [1.165, 1.54) is 11.8 Å². The van der Waals surface area contributed by atoms with Gasteiger partial charge in [0.15, 0.2) is 5.16 Å². The number of nitrogens with zero attached hydrogens (tertiary/aromatic N) is 3. The average molecular weight is 635 g/mol. The van der Waals surface area contributed by atoms with E-state index in [1.807, 2.05) is 22.8 Å². The zero-order valence-corrected chi connectivity index (χ0v) is 22.9. The quantitative estimate of drug-likeness (QED) is 0.139. The molecule has 1 heterocycles. The molecule has 1 N–H and O–H groups in total. The minimum Gasteiger partial charge on any atom is -0.492 e. The number of benzene rings is 2. The molecule has 0 aliphatic heterocycles. The number of carbonyl (C=O) groups is 1. The molecule has 174 valence electrons. The van der Waals surface area contributed by atoms with Crippen LogP contribution in [0.15, 0.2) is 63.2 Å². The van der Waals surface area contributed by atoms with Gasteiger partial charge in [-0.15, -0.1) is 16.8 Å². The molecule has 0 spiro atoms. The summed E-state index contributed by atoms with van der Waals surface area (Å²) in [6.07, 6.45) is 3.15. The lowest BCUT2D eigenvalue weighted by Gasteiger charge is -2.10. The van der Waals surface area contributed by atoms with Gasteiger partial charge in [-0.05, 0) is 58.7 Å². The number of nitrogens with one attached hydrogen (secondary N) is 1. The maximum Gasteiger partial charge on any atom is 0.234 e. The van der Waals surface area contributed by atoms with E-state index in [1.54, 1.807) is 24.3 Å². The molecule has 0 radical (unpaired) electrons. The zero-order chi connectivity index (χ0) is 23.8. The van der Waals surface area contributed by atoms with Gasteiger partial charge in [-0.2, -0.15) is 0 Å². The van der Waals surface area contributed by atoms with Gasteiger partial charge in [0, 0.05) is 26.9 Å². The third-order valence-corrected chi connectivity index (χ3v) is 7.02.